The molecule has 2 aromatic carbocycles. The highest BCUT2D eigenvalue weighted by Crippen LogP contribution is 2.42. The lowest BCUT2D eigenvalue weighted by Crippen LogP contribution is -2.64. The van der Waals surface area contributed by atoms with Gasteiger partial charge in [-0.25, -0.2) is 8.42 Å². The molecule has 1 aliphatic carbocycles. The maximum absolute atomic E-state index is 14.4. The standard InChI is InChI=1S/C29H40N6O6S.ClH/c1-3-41-26(37)17-29(2,21-9-6-14-34(18-21)28(31)32)35(22-11-12-22)27(38)24(16-25(30)36)33-42(39,40)23-13-10-19-7-4-5-8-20(19)15-23;/h4-5,7-8,10,13,15,21-22,24,33H,3,6,9,11-12,14,16-18H2,1-2H3,(H2,30,36)(H3,31,32);1H/t21-,24-,29?;/m0./s1. The van der Waals surface area contributed by atoms with Crippen molar-refractivity contribution in [3.63, 3.8) is 0 Å². The second-order valence-corrected chi connectivity index (χ2v) is 13.0. The molecule has 1 aliphatic heterocycles. The normalized spacial score (nSPS) is 19.0. The molecule has 0 spiro atoms. The van der Waals surface area contributed by atoms with E-state index in [-0.39, 0.29) is 48.2 Å². The monoisotopic (exact) mass is 636 g/mol. The first kappa shape index (κ1) is 34.1. The Balaban J connectivity index is 0.00000506. The fourth-order valence-electron chi connectivity index (χ4n) is 5.95. The van der Waals surface area contributed by atoms with Crippen molar-refractivity contribution in [1.29, 1.82) is 5.41 Å². The fraction of sp³-hybridized carbons (Fsp3) is 0.517. The van der Waals surface area contributed by atoms with Crippen LogP contribution in [-0.2, 0) is 29.1 Å². The highest BCUT2D eigenvalue weighted by atomic mass is 35.5. The van der Waals surface area contributed by atoms with E-state index in [4.69, 9.17) is 21.6 Å². The van der Waals surface area contributed by atoms with Gasteiger partial charge in [0.2, 0.25) is 21.8 Å². The van der Waals surface area contributed by atoms with Crippen LogP contribution in [0.25, 0.3) is 10.8 Å². The molecule has 4 rings (SSSR count). The number of nitrogens with zero attached hydrogens (tertiary/aromatic N) is 2. The van der Waals surface area contributed by atoms with Gasteiger partial charge in [0.15, 0.2) is 5.96 Å². The zero-order chi connectivity index (χ0) is 30.7. The summed E-state index contributed by atoms with van der Waals surface area (Å²) in [5.74, 6) is -2.36. The number of benzene rings is 2. The molecular weight excluding hydrogens is 596 g/mol. The summed E-state index contributed by atoms with van der Waals surface area (Å²) in [6.45, 7) is 4.57. The van der Waals surface area contributed by atoms with Crippen LogP contribution in [0.15, 0.2) is 47.4 Å². The number of esters is 1. The molecule has 2 aromatic rings. The quantitative estimate of drug-likeness (QED) is 0.155. The maximum atomic E-state index is 14.4. The van der Waals surface area contributed by atoms with Gasteiger partial charge in [-0.3, -0.25) is 19.8 Å². The molecule has 3 atom stereocenters. The minimum atomic E-state index is -4.25. The number of ether oxygens (including phenoxy) is 1. The number of primary amides is 1. The first-order valence-electron chi connectivity index (χ1n) is 14.2. The smallest absolute Gasteiger partial charge is 0.308 e. The Hall–Kier alpha value is -3.42. The lowest BCUT2D eigenvalue weighted by atomic mass is 9.76. The van der Waals surface area contributed by atoms with E-state index in [1.165, 1.54) is 12.1 Å². The molecule has 0 bridgehead atoms. The minimum absolute atomic E-state index is 0. The number of nitrogens with two attached hydrogens (primary N) is 2. The van der Waals surface area contributed by atoms with Crippen molar-refractivity contribution in [2.75, 3.05) is 19.7 Å². The largest absolute Gasteiger partial charge is 0.466 e. The zero-order valence-electron chi connectivity index (χ0n) is 24.5. The summed E-state index contributed by atoms with van der Waals surface area (Å²) in [4.78, 5) is 42.7. The van der Waals surface area contributed by atoms with Crippen LogP contribution in [0.5, 0.6) is 0 Å². The average Bonchev–Trinajstić information content (AvgIpc) is 3.77. The van der Waals surface area contributed by atoms with Gasteiger partial charge >= 0.3 is 5.97 Å². The van der Waals surface area contributed by atoms with Crippen LogP contribution < -0.4 is 16.2 Å². The highest BCUT2D eigenvalue weighted by Gasteiger charge is 2.52. The van der Waals surface area contributed by atoms with E-state index in [0.717, 1.165) is 5.39 Å². The third kappa shape index (κ3) is 7.95. The average molecular weight is 637 g/mol. The van der Waals surface area contributed by atoms with E-state index in [2.05, 4.69) is 4.72 Å². The molecule has 2 aliphatic rings. The van der Waals surface area contributed by atoms with Gasteiger partial charge in [0.1, 0.15) is 6.04 Å². The molecule has 6 N–H and O–H groups in total. The molecule has 1 saturated carbocycles. The molecule has 0 radical (unpaired) electrons. The highest BCUT2D eigenvalue weighted by molar-refractivity contribution is 7.89. The van der Waals surface area contributed by atoms with E-state index in [9.17, 15) is 22.8 Å². The van der Waals surface area contributed by atoms with Gasteiger partial charge in [0.25, 0.3) is 0 Å². The van der Waals surface area contributed by atoms with E-state index < -0.39 is 45.8 Å². The molecule has 1 saturated heterocycles. The molecule has 236 valence electrons. The van der Waals surface area contributed by atoms with Gasteiger partial charge < -0.3 is 26.0 Å². The number of hydrogen-bond donors (Lipinski definition) is 4. The van der Waals surface area contributed by atoms with Crippen molar-refractivity contribution in [1.82, 2.24) is 14.5 Å². The van der Waals surface area contributed by atoms with Gasteiger partial charge in [-0.05, 0) is 62.4 Å². The molecule has 2 amide bonds. The number of likely N-dealkylation sites (tertiary alicyclic amines) is 1. The first-order chi connectivity index (χ1) is 19.9. The second kappa shape index (κ2) is 13.9. The Bertz CT molecular complexity index is 1470. The molecule has 0 aromatic heterocycles. The van der Waals surface area contributed by atoms with Crippen molar-refractivity contribution in [2.45, 2.75) is 74.9 Å². The minimum Gasteiger partial charge on any atom is -0.466 e. The van der Waals surface area contributed by atoms with Crippen molar-refractivity contribution in [3.05, 3.63) is 42.5 Å². The summed E-state index contributed by atoms with van der Waals surface area (Å²) in [6, 6.07) is 10.1. The summed E-state index contributed by atoms with van der Waals surface area (Å²) < 4.78 is 34.9. The third-order valence-electron chi connectivity index (χ3n) is 8.18. The number of fused-ring (bicyclic) bond motifs is 1. The SMILES string of the molecule is CCOC(=O)CC(C)([C@H]1CCCN(C(=N)N)C1)N(C(=O)[C@H](CC(N)=O)NS(=O)(=O)c1ccc2ccccc2c1)C1CC1.Cl. The van der Waals surface area contributed by atoms with Gasteiger partial charge in [0.05, 0.1) is 29.9 Å². The van der Waals surface area contributed by atoms with Gasteiger partial charge in [0, 0.05) is 25.0 Å². The van der Waals surface area contributed by atoms with Crippen LogP contribution in [0.2, 0.25) is 0 Å². The Morgan fingerprint density at radius 2 is 1.81 bits per heavy atom. The van der Waals surface area contributed by atoms with Crippen LogP contribution in [0.1, 0.15) is 52.4 Å². The summed E-state index contributed by atoms with van der Waals surface area (Å²) in [5.41, 5.74) is 10.2. The van der Waals surface area contributed by atoms with E-state index >= 15 is 0 Å². The summed E-state index contributed by atoms with van der Waals surface area (Å²) >= 11 is 0. The van der Waals surface area contributed by atoms with E-state index in [1.54, 1.807) is 41.8 Å². The van der Waals surface area contributed by atoms with Crippen molar-refractivity contribution in [3.8, 4) is 0 Å². The number of amides is 2. The predicted molar refractivity (Wildman–Crippen MR) is 165 cm³/mol. The molecule has 1 unspecified atom stereocenters. The lowest BCUT2D eigenvalue weighted by molar-refractivity contribution is -0.154. The van der Waals surface area contributed by atoms with Crippen LogP contribution in [0.4, 0.5) is 0 Å². The number of piperidine rings is 1. The summed E-state index contributed by atoms with van der Waals surface area (Å²) in [5, 5.41) is 9.51. The number of nitrogens with one attached hydrogen (secondary N) is 2. The number of sulfonamides is 1. The number of carbonyl (C=O) groups is 3. The predicted octanol–water partition coefficient (Wildman–Crippen LogP) is 2.09. The Morgan fingerprint density at radius 3 is 2.42 bits per heavy atom. The molecule has 43 heavy (non-hydrogen) atoms. The van der Waals surface area contributed by atoms with E-state index in [1.807, 2.05) is 12.1 Å². The Labute approximate surface area is 258 Å². The molecule has 2 fully saturated rings. The van der Waals surface area contributed by atoms with Gasteiger partial charge in [-0.1, -0.05) is 30.3 Å². The molecule has 1 heterocycles. The summed E-state index contributed by atoms with van der Waals surface area (Å²) in [6.07, 6.45) is 1.96. The van der Waals surface area contributed by atoms with Crippen LogP contribution in [-0.4, -0.2) is 79.3 Å². The summed E-state index contributed by atoms with van der Waals surface area (Å²) in [7, 11) is -4.25. The van der Waals surface area contributed by atoms with E-state index in [0.29, 0.717) is 44.2 Å². The van der Waals surface area contributed by atoms with Crippen molar-refractivity contribution < 1.29 is 27.5 Å². The van der Waals surface area contributed by atoms with Crippen LogP contribution in [0, 0.1) is 11.3 Å². The number of carbonyl (C=O) groups excluding carboxylic acids is 3. The second-order valence-electron chi connectivity index (χ2n) is 11.3. The Morgan fingerprint density at radius 1 is 1.14 bits per heavy atom. The topological polar surface area (TPSA) is 189 Å². The van der Waals surface area contributed by atoms with Gasteiger partial charge in [-0.15, -0.1) is 12.4 Å². The number of hydrogen-bond acceptors (Lipinski definition) is 7. The molecular formula is C29H41ClN6O6S. The third-order valence-corrected chi connectivity index (χ3v) is 9.65. The van der Waals surface area contributed by atoms with Crippen LogP contribution in [0.3, 0.4) is 0 Å². The lowest BCUT2D eigenvalue weighted by Gasteiger charge is -2.50. The number of rotatable bonds is 12. The molecule has 12 nitrogen and oxygen atoms in total. The number of halogens is 1. The fourth-order valence-corrected chi connectivity index (χ4v) is 7.18. The van der Waals surface area contributed by atoms with Crippen LogP contribution >= 0.6 is 12.4 Å². The van der Waals surface area contributed by atoms with Crippen molar-refractivity contribution in [2.24, 2.45) is 17.4 Å². The Kier molecular flexibility index (Phi) is 11.0. The maximum Gasteiger partial charge on any atom is 0.308 e. The van der Waals surface area contributed by atoms with Gasteiger partial charge in [-0.2, -0.15) is 4.72 Å². The first-order valence-corrected chi connectivity index (χ1v) is 15.7. The number of guanidine groups is 1. The van der Waals surface area contributed by atoms with Crippen molar-refractivity contribution >= 4 is 56.9 Å². The zero-order valence-corrected chi connectivity index (χ0v) is 26.1. The molecule has 14 heteroatoms.